The summed E-state index contributed by atoms with van der Waals surface area (Å²) in [6.45, 7) is 2.31. The SMILES string of the molecule is CCCCP1CCC(c2ccccc2)C1. The van der Waals surface area contributed by atoms with Crippen molar-refractivity contribution < 1.29 is 0 Å². The van der Waals surface area contributed by atoms with E-state index in [-0.39, 0.29) is 0 Å². The molecule has 0 aliphatic carbocycles. The number of hydrogen-bond donors (Lipinski definition) is 0. The van der Waals surface area contributed by atoms with Gasteiger partial charge in [0.2, 0.25) is 0 Å². The number of rotatable bonds is 4. The number of hydrogen-bond acceptors (Lipinski definition) is 0. The molecule has 82 valence electrons. The molecule has 2 atom stereocenters. The summed E-state index contributed by atoms with van der Waals surface area (Å²) in [7, 11) is 0.386. The summed E-state index contributed by atoms with van der Waals surface area (Å²) in [5.74, 6) is 0.883. The van der Waals surface area contributed by atoms with Gasteiger partial charge in [-0.25, -0.2) is 0 Å². The maximum Gasteiger partial charge on any atom is -0.0119 e. The molecule has 2 rings (SSSR count). The summed E-state index contributed by atoms with van der Waals surface area (Å²) in [5.41, 5.74) is 1.58. The van der Waals surface area contributed by atoms with Gasteiger partial charge in [0.1, 0.15) is 0 Å². The fourth-order valence-electron chi connectivity index (χ4n) is 2.41. The maximum absolute atomic E-state index is 2.31. The van der Waals surface area contributed by atoms with E-state index in [0.717, 1.165) is 5.92 Å². The van der Waals surface area contributed by atoms with Crippen LogP contribution in [0.3, 0.4) is 0 Å². The van der Waals surface area contributed by atoms with E-state index >= 15 is 0 Å². The first kappa shape index (κ1) is 11.1. The molecule has 1 aromatic rings. The maximum atomic E-state index is 2.31. The molecule has 0 radical (unpaired) electrons. The molecule has 1 saturated heterocycles. The summed E-state index contributed by atoms with van der Waals surface area (Å²) in [4.78, 5) is 0. The van der Waals surface area contributed by atoms with E-state index in [2.05, 4.69) is 37.3 Å². The molecule has 0 saturated carbocycles. The Morgan fingerprint density at radius 1 is 1.27 bits per heavy atom. The quantitative estimate of drug-likeness (QED) is 0.657. The normalized spacial score (nSPS) is 25.7. The van der Waals surface area contributed by atoms with E-state index in [4.69, 9.17) is 0 Å². The van der Waals surface area contributed by atoms with Gasteiger partial charge in [-0.3, -0.25) is 0 Å². The molecule has 1 heterocycles. The largest absolute Gasteiger partial charge is 0.106 e. The molecule has 1 aliphatic heterocycles. The zero-order chi connectivity index (χ0) is 10.5. The highest BCUT2D eigenvalue weighted by Crippen LogP contribution is 2.50. The van der Waals surface area contributed by atoms with Gasteiger partial charge in [-0.2, -0.15) is 0 Å². The first-order valence-corrected chi connectivity index (χ1v) is 8.07. The average Bonchev–Trinajstić information content (AvgIpc) is 2.76. The van der Waals surface area contributed by atoms with Crippen molar-refractivity contribution in [3.05, 3.63) is 35.9 Å². The number of benzene rings is 1. The second kappa shape index (κ2) is 5.66. The van der Waals surface area contributed by atoms with Crippen molar-refractivity contribution in [1.29, 1.82) is 0 Å². The van der Waals surface area contributed by atoms with Crippen LogP contribution in [0.1, 0.15) is 37.7 Å². The van der Waals surface area contributed by atoms with Crippen LogP contribution in [-0.2, 0) is 0 Å². The number of unbranched alkanes of at least 4 members (excludes halogenated alkanes) is 1. The summed E-state index contributed by atoms with van der Waals surface area (Å²) >= 11 is 0. The molecule has 0 spiro atoms. The fraction of sp³-hybridized carbons (Fsp3) is 0.571. The van der Waals surface area contributed by atoms with Crippen LogP contribution in [0.5, 0.6) is 0 Å². The van der Waals surface area contributed by atoms with Crippen LogP contribution in [0.4, 0.5) is 0 Å². The Balaban J connectivity index is 1.87. The Labute approximate surface area is 94.8 Å². The van der Waals surface area contributed by atoms with Gasteiger partial charge >= 0.3 is 0 Å². The van der Waals surface area contributed by atoms with Crippen LogP contribution in [0.25, 0.3) is 0 Å². The van der Waals surface area contributed by atoms with Crippen molar-refractivity contribution in [2.24, 2.45) is 0 Å². The molecule has 0 bridgehead atoms. The highest BCUT2D eigenvalue weighted by molar-refractivity contribution is 7.58. The van der Waals surface area contributed by atoms with Crippen LogP contribution < -0.4 is 0 Å². The Morgan fingerprint density at radius 3 is 2.80 bits per heavy atom. The summed E-state index contributed by atoms with van der Waals surface area (Å²) in [5, 5.41) is 0. The molecular weight excluding hydrogens is 199 g/mol. The third-order valence-electron chi connectivity index (χ3n) is 3.37. The molecular formula is C14H21P. The van der Waals surface area contributed by atoms with Gasteiger partial charge in [0.05, 0.1) is 0 Å². The Hall–Kier alpha value is -0.350. The zero-order valence-electron chi connectivity index (χ0n) is 9.65. The predicted octanol–water partition coefficient (Wildman–Crippen LogP) is 4.46. The second-order valence-electron chi connectivity index (χ2n) is 4.55. The highest BCUT2D eigenvalue weighted by atomic mass is 31.1. The van der Waals surface area contributed by atoms with Crippen molar-refractivity contribution in [1.82, 2.24) is 0 Å². The summed E-state index contributed by atoms with van der Waals surface area (Å²) in [6.07, 6.45) is 8.81. The molecule has 1 fully saturated rings. The average molecular weight is 220 g/mol. The smallest absolute Gasteiger partial charge is 0.0119 e. The zero-order valence-corrected chi connectivity index (χ0v) is 10.5. The molecule has 2 unspecified atom stereocenters. The van der Waals surface area contributed by atoms with Crippen molar-refractivity contribution in [2.75, 3.05) is 18.5 Å². The fourth-order valence-corrected chi connectivity index (χ4v) is 5.46. The predicted molar refractivity (Wildman–Crippen MR) is 70.2 cm³/mol. The van der Waals surface area contributed by atoms with Crippen molar-refractivity contribution in [2.45, 2.75) is 32.1 Å². The topological polar surface area (TPSA) is 0 Å². The van der Waals surface area contributed by atoms with Gasteiger partial charge in [-0.15, -0.1) is 7.92 Å². The van der Waals surface area contributed by atoms with E-state index in [1.807, 2.05) is 0 Å². The molecule has 1 aromatic carbocycles. The minimum absolute atomic E-state index is 0.386. The minimum Gasteiger partial charge on any atom is -0.106 e. The highest BCUT2D eigenvalue weighted by Gasteiger charge is 2.24. The van der Waals surface area contributed by atoms with Gasteiger partial charge in [-0.1, -0.05) is 43.7 Å². The van der Waals surface area contributed by atoms with Gasteiger partial charge in [0.25, 0.3) is 0 Å². The van der Waals surface area contributed by atoms with Crippen molar-refractivity contribution in [3.8, 4) is 0 Å². The molecule has 0 N–H and O–H groups in total. The van der Waals surface area contributed by atoms with Crippen molar-refractivity contribution >= 4 is 7.92 Å². The Kier molecular flexibility index (Phi) is 4.20. The summed E-state index contributed by atoms with van der Waals surface area (Å²) < 4.78 is 0. The molecule has 1 aliphatic rings. The van der Waals surface area contributed by atoms with E-state index in [9.17, 15) is 0 Å². The third-order valence-corrected chi connectivity index (χ3v) is 6.17. The van der Waals surface area contributed by atoms with E-state index in [1.54, 1.807) is 5.56 Å². The summed E-state index contributed by atoms with van der Waals surface area (Å²) in [6, 6.07) is 11.1. The van der Waals surface area contributed by atoms with E-state index in [0.29, 0.717) is 7.92 Å². The van der Waals surface area contributed by atoms with Crippen molar-refractivity contribution in [3.63, 3.8) is 0 Å². The van der Waals surface area contributed by atoms with Gasteiger partial charge in [0.15, 0.2) is 0 Å². The Bertz CT molecular complexity index is 281. The third kappa shape index (κ3) is 3.05. The van der Waals surface area contributed by atoms with E-state index < -0.39 is 0 Å². The monoisotopic (exact) mass is 220 g/mol. The molecule has 0 amide bonds. The van der Waals surface area contributed by atoms with Gasteiger partial charge in [-0.05, 0) is 42.8 Å². The van der Waals surface area contributed by atoms with Crippen LogP contribution in [0, 0.1) is 0 Å². The van der Waals surface area contributed by atoms with Crippen LogP contribution >= 0.6 is 7.92 Å². The lowest BCUT2D eigenvalue weighted by molar-refractivity contribution is 0.782. The molecule has 0 aromatic heterocycles. The first-order chi connectivity index (χ1) is 7.40. The molecule has 15 heavy (non-hydrogen) atoms. The minimum atomic E-state index is 0.386. The lowest BCUT2D eigenvalue weighted by Gasteiger charge is -2.11. The molecule has 1 heteroatoms. The van der Waals surface area contributed by atoms with Gasteiger partial charge < -0.3 is 0 Å². The van der Waals surface area contributed by atoms with Crippen LogP contribution in [0.2, 0.25) is 0 Å². The lowest BCUT2D eigenvalue weighted by atomic mass is 9.99. The first-order valence-electron chi connectivity index (χ1n) is 6.17. The Morgan fingerprint density at radius 2 is 2.07 bits per heavy atom. The standard InChI is InChI=1S/C14H21P/c1-2-3-10-15-11-9-14(12-15)13-7-5-4-6-8-13/h4-8,14H,2-3,9-12H2,1H3. The molecule has 0 nitrogen and oxygen atoms in total. The lowest BCUT2D eigenvalue weighted by Crippen LogP contribution is -1.95. The van der Waals surface area contributed by atoms with Crippen LogP contribution in [0.15, 0.2) is 30.3 Å². The second-order valence-corrected chi connectivity index (χ2v) is 7.15. The van der Waals surface area contributed by atoms with Gasteiger partial charge in [0, 0.05) is 0 Å². The van der Waals surface area contributed by atoms with Crippen LogP contribution in [-0.4, -0.2) is 18.5 Å². The van der Waals surface area contributed by atoms with E-state index in [1.165, 1.54) is 37.7 Å².